The highest BCUT2D eigenvalue weighted by molar-refractivity contribution is 4.82. The number of aliphatic hydroxyl groups excluding tert-OH is 1. The topological polar surface area (TPSA) is 20.2 Å². The Hall–Kier alpha value is -0.300. The van der Waals surface area contributed by atoms with E-state index in [1.54, 1.807) is 0 Å². The van der Waals surface area contributed by atoms with Crippen LogP contribution >= 0.6 is 0 Å². The van der Waals surface area contributed by atoms with Gasteiger partial charge in [-0.05, 0) is 38.5 Å². The van der Waals surface area contributed by atoms with Crippen molar-refractivity contribution in [2.45, 2.75) is 59.0 Å². The lowest BCUT2D eigenvalue weighted by Gasteiger charge is -2.01. The van der Waals surface area contributed by atoms with E-state index in [1.165, 1.54) is 19.3 Å². The van der Waals surface area contributed by atoms with Gasteiger partial charge in [0.05, 0.1) is 6.10 Å². The molecule has 0 rings (SSSR count). The van der Waals surface area contributed by atoms with Gasteiger partial charge in [-0.1, -0.05) is 32.4 Å². The first-order valence-electron chi connectivity index (χ1n) is 5.46. The molecule has 78 valence electrons. The van der Waals surface area contributed by atoms with Gasteiger partial charge in [0.2, 0.25) is 0 Å². The zero-order valence-electron chi connectivity index (χ0n) is 9.29. The highest BCUT2D eigenvalue weighted by atomic mass is 16.3. The summed E-state index contributed by atoms with van der Waals surface area (Å²) in [6.07, 6.45) is 10.1. The van der Waals surface area contributed by atoms with Crippen LogP contribution in [0.15, 0.2) is 12.2 Å². The van der Waals surface area contributed by atoms with Crippen LogP contribution in [0.1, 0.15) is 52.9 Å². The Labute approximate surface area is 82.9 Å². The molecule has 1 heteroatoms. The third-order valence-corrected chi connectivity index (χ3v) is 2.02. The maximum atomic E-state index is 9.01. The summed E-state index contributed by atoms with van der Waals surface area (Å²) in [5.41, 5.74) is 0. The number of unbranched alkanes of at least 4 members (excludes halogenated alkanes) is 2. The third-order valence-electron chi connectivity index (χ3n) is 2.02. The Morgan fingerprint density at radius 1 is 1.08 bits per heavy atom. The molecule has 0 heterocycles. The maximum absolute atomic E-state index is 9.01. The van der Waals surface area contributed by atoms with Gasteiger partial charge in [-0.2, -0.15) is 0 Å². The first kappa shape index (κ1) is 12.7. The van der Waals surface area contributed by atoms with Crippen LogP contribution in [-0.2, 0) is 0 Å². The Balaban J connectivity index is 3.11. The van der Waals surface area contributed by atoms with E-state index in [0.29, 0.717) is 0 Å². The number of allylic oxidation sites excluding steroid dienone is 2. The molecule has 13 heavy (non-hydrogen) atoms. The normalized spacial score (nSPS) is 14.2. The van der Waals surface area contributed by atoms with Gasteiger partial charge in [-0.25, -0.2) is 0 Å². The quantitative estimate of drug-likeness (QED) is 0.474. The summed E-state index contributed by atoms with van der Waals surface area (Å²) >= 11 is 0. The lowest BCUT2D eigenvalue weighted by atomic mass is 10.1. The Morgan fingerprint density at radius 3 is 2.31 bits per heavy atom. The molecular weight excluding hydrogens is 160 g/mol. The van der Waals surface area contributed by atoms with E-state index in [2.05, 4.69) is 26.0 Å². The number of hydrogen-bond donors (Lipinski definition) is 1. The van der Waals surface area contributed by atoms with E-state index in [1.807, 2.05) is 6.92 Å². The largest absolute Gasteiger partial charge is 0.393 e. The molecule has 1 unspecified atom stereocenters. The van der Waals surface area contributed by atoms with Crippen molar-refractivity contribution in [3.05, 3.63) is 12.2 Å². The van der Waals surface area contributed by atoms with Gasteiger partial charge < -0.3 is 5.11 Å². The van der Waals surface area contributed by atoms with Crippen molar-refractivity contribution in [2.24, 2.45) is 5.92 Å². The third kappa shape index (κ3) is 11.7. The zero-order valence-corrected chi connectivity index (χ0v) is 9.29. The minimum atomic E-state index is -0.125. The summed E-state index contributed by atoms with van der Waals surface area (Å²) in [4.78, 5) is 0. The first-order chi connectivity index (χ1) is 6.13. The van der Waals surface area contributed by atoms with Crippen LogP contribution in [0.5, 0.6) is 0 Å². The van der Waals surface area contributed by atoms with E-state index in [0.717, 1.165) is 18.8 Å². The number of aliphatic hydroxyl groups is 1. The Bertz CT molecular complexity index is 125. The molecule has 0 bridgehead atoms. The predicted octanol–water partition coefficient (Wildman–Crippen LogP) is 3.53. The molecule has 0 amide bonds. The molecule has 1 atom stereocenters. The van der Waals surface area contributed by atoms with E-state index in [-0.39, 0.29) is 6.10 Å². The van der Waals surface area contributed by atoms with Crippen LogP contribution in [-0.4, -0.2) is 11.2 Å². The molecule has 1 nitrogen and oxygen atoms in total. The fourth-order valence-electron chi connectivity index (χ4n) is 1.19. The molecule has 0 aromatic carbocycles. The summed E-state index contributed by atoms with van der Waals surface area (Å²) in [6.45, 7) is 6.32. The Morgan fingerprint density at radius 2 is 1.77 bits per heavy atom. The summed E-state index contributed by atoms with van der Waals surface area (Å²) in [6, 6.07) is 0. The van der Waals surface area contributed by atoms with E-state index >= 15 is 0 Å². The van der Waals surface area contributed by atoms with E-state index in [4.69, 9.17) is 5.11 Å². The second-order valence-corrected chi connectivity index (χ2v) is 4.23. The van der Waals surface area contributed by atoms with Gasteiger partial charge in [-0.3, -0.25) is 0 Å². The highest BCUT2D eigenvalue weighted by Crippen LogP contribution is 2.05. The molecule has 0 aliphatic rings. The van der Waals surface area contributed by atoms with Gasteiger partial charge in [0, 0.05) is 0 Å². The van der Waals surface area contributed by atoms with Gasteiger partial charge >= 0.3 is 0 Å². The molecule has 0 aliphatic carbocycles. The molecular formula is C12H24O. The van der Waals surface area contributed by atoms with Gasteiger partial charge in [-0.15, -0.1) is 0 Å². The van der Waals surface area contributed by atoms with Crippen molar-refractivity contribution < 1.29 is 5.11 Å². The van der Waals surface area contributed by atoms with Gasteiger partial charge in [0.1, 0.15) is 0 Å². The molecule has 0 spiro atoms. The summed E-state index contributed by atoms with van der Waals surface area (Å²) in [5.74, 6) is 0.772. The predicted molar refractivity (Wildman–Crippen MR) is 58.7 cm³/mol. The minimum Gasteiger partial charge on any atom is -0.393 e. The van der Waals surface area contributed by atoms with Gasteiger partial charge in [0.25, 0.3) is 0 Å². The van der Waals surface area contributed by atoms with Crippen molar-refractivity contribution in [3.63, 3.8) is 0 Å². The average molecular weight is 184 g/mol. The van der Waals surface area contributed by atoms with E-state index < -0.39 is 0 Å². The Kier molecular flexibility index (Phi) is 8.11. The van der Waals surface area contributed by atoms with Crippen LogP contribution in [0, 0.1) is 5.92 Å². The van der Waals surface area contributed by atoms with Crippen LogP contribution in [0.2, 0.25) is 0 Å². The molecule has 0 saturated carbocycles. The minimum absolute atomic E-state index is 0.125. The van der Waals surface area contributed by atoms with Crippen LogP contribution in [0.4, 0.5) is 0 Å². The maximum Gasteiger partial charge on any atom is 0.0512 e. The highest BCUT2D eigenvalue weighted by Gasteiger charge is 1.93. The fraction of sp³-hybridized carbons (Fsp3) is 0.833. The molecule has 0 aromatic heterocycles. The molecule has 1 N–H and O–H groups in total. The molecule has 0 radical (unpaired) electrons. The standard InChI is InChI=1S/C12H24O/c1-11(2)9-7-5-4-6-8-10-12(3)13/h5,7,11-13H,4,6,8-10H2,1-3H3. The fourth-order valence-corrected chi connectivity index (χ4v) is 1.19. The van der Waals surface area contributed by atoms with Crippen LogP contribution < -0.4 is 0 Å². The first-order valence-corrected chi connectivity index (χ1v) is 5.46. The van der Waals surface area contributed by atoms with Gasteiger partial charge in [0.15, 0.2) is 0 Å². The zero-order chi connectivity index (χ0) is 10.1. The summed E-state index contributed by atoms with van der Waals surface area (Å²) in [7, 11) is 0. The van der Waals surface area contributed by atoms with Crippen molar-refractivity contribution in [3.8, 4) is 0 Å². The van der Waals surface area contributed by atoms with Crippen molar-refractivity contribution >= 4 is 0 Å². The second kappa shape index (κ2) is 8.31. The second-order valence-electron chi connectivity index (χ2n) is 4.23. The average Bonchev–Trinajstić information content (AvgIpc) is 2.01. The molecule has 0 fully saturated rings. The summed E-state index contributed by atoms with van der Waals surface area (Å²) < 4.78 is 0. The van der Waals surface area contributed by atoms with Crippen molar-refractivity contribution in [2.75, 3.05) is 0 Å². The lowest BCUT2D eigenvalue weighted by Crippen LogP contribution is -1.97. The SMILES string of the molecule is CC(C)CC=CCCCCC(C)O. The molecule has 0 aliphatic heterocycles. The van der Waals surface area contributed by atoms with E-state index in [9.17, 15) is 0 Å². The van der Waals surface area contributed by atoms with Crippen molar-refractivity contribution in [1.29, 1.82) is 0 Å². The van der Waals surface area contributed by atoms with Crippen LogP contribution in [0.25, 0.3) is 0 Å². The number of hydrogen-bond acceptors (Lipinski definition) is 1. The van der Waals surface area contributed by atoms with Crippen LogP contribution in [0.3, 0.4) is 0 Å². The molecule has 0 aromatic rings. The monoisotopic (exact) mass is 184 g/mol. The number of rotatable bonds is 7. The van der Waals surface area contributed by atoms with Crippen molar-refractivity contribution in [1.82, 2.24) is 0 Å². The smallest absolute Gasteiger partial charge is 0.0512 e. The summed E-state index contributed by atoms with van der Waals surface area (Å²) in [5, 5.41) is 9.01. The lowest BCUT2D eigenvalue weighted by molar-refractivity contribution is 0.181. The molecule has 0 saturated heterocycles.